The molecule has 0 radical (unpaired) electrons. The third-order valence-electron chi connectivity index (χ3n) is 5.16. The number of hydrogen-bond donors (Lipinski definition) is 0. The summed E-state index contributed by atoms with van der Waals surface area (Å²) in [6, 6.07) is 14.3. The summed E-state index contributed by atoms with van der Waals surface area (Å²) >= 11 is 0. The second kappa shape index (κ2) is 7.74. The van der Waals surface area contributed by atoms with Gasteiger partial charge in [-0.2, -0.15) is 0 Å². The topological polar surface area (TPSA) is 61.2 Å². The van der Waals surface area contributed by atoms with E-state index >= 15 is 0 Å². The van der Waals surface area contributed by atoms with Crippen molar-refractivity contribution in [2.75, 3.05) is 0 Å². The highest BCUT2D eigenvalue weighted by Gasteiger charge is 2.20. The van der Waals surface area contributed by atoms with Crippen molar-refractivity contribution in [1.82, 2.24) is 9.55 Å². The van der Waals surface area contributed by atoms with E-state index in [1.54, 1.807) is 12.3 Å². The van der Waals surface area contributed by atoms with Crippen LogP contribution in [0, 0.1) is 5.92 Å². The van der Waals surface area contributed by atoms with Crippen LogP contribution < -0.4 is 10.3 Å². The second-order valence-corrected chi connectivity index (χ2v) is 7.07. The molecule has 3 aromatic rings. The van der Waals surface area contributed by atoms with Crippen molar-refractivity contribution < 1.29 is 9.53 Å². The van der Waals surface area contributed by atoms with Crippen molar-refractivity contribution in [2.45, 2.75) is 38.5 Å². The first-order chi connectivity index (χ1) is 13.2. The van der Waals surface area contributed by atoms with Gasteiger partial charge in [-0.15, -0.1) is 0 Å². The molecule has 4 rings (SSSR count). The standard InChI is InChI=1S/C22H22N2O3/c25-20-15-19(27-21(26)14-16-8-3-1-4-9-16)18-12-7-13-23-22(18)24(20)17-10-5-2-6-11-17/h2,5-7,10-13,15-16H,1,3-4,8-9,14H2. The molecule has 27 heavy (non-hydrogen) atoms. The molecule has 5 nitrogen and oxygen atoms in total. The van der Waals surface area contributed by atoms with Crippen LogP contribution in [0.2, 0.25) is 0 Å². The Balaban J connectivity index is 1.68. The molecule has 1 saturated carbocycles. The number of esters is 1. The lowest BCUT2D eigenvalue weighted by Gasteiger charge is -2.20. The first-order valence-corrected chi connectivity index (χ1v) is 9.49. The molecule has 1 fully saturated rings. The van der Waals surface area contributed by atoms with Gasteiger partial charge in [0, 0.05) is 18.7 Å². The minimum atomic E-state index is -0.274. The highest BCUT2D eigenvalue weighted by atomic mass is 16.5. The average Bonchev–Trinajstić information content (AvgIpc) is 2.69. The van der Waals surface area contributed by atoms with E-state index < -0.39 is 0 Å². The van der Waals surface area contributed by atoms with E-state index in [9.17, 15) is 9.59 Å². The number of carbonyl (C=O) groups is 1. The first-order valence-electron chi connectivity index (χ1n) is 9.49. The molecule has 1 aliphatic rings. The Kier molecular flexibility index (Phi) is 5.01. The molecule has 0 N–H and O–H groups in total. The number of aromatic nitrogens is 2. The molecule has 138 valence electrons. The first kappa shape index (κ1) is 17.5. The van der Waals surface area contributed by atoms with Gasteiger partial charge in [-0.05, 0) is 43.0 Å². The van der Waals surface area contributed by atoms with Crippen LogP contribution in [-0.4, -0.2) is 15.5 Å². The van der Waals surface area contributed by atoms with E-state index in [0.29, 0.717) is 23.4 Å². The van der Waals surface area contributed by atoms with Crippen molar-refractivity contribution in [3.05, 3.63) is 65.1 Å². The van der Waals surface area contributed by atoms with E-state index in [4.69, 9.17) is 4.74 Å². The molecule has 0 saturated heterocycles. The van der Waals surface area contributed by atoms with Crippen LogP contribution in [0.5, 0.6) is 5.75 Å². The zero-order chi connectivity index (χ0) is 18.6. The van der Waals surface area contributed by atoms with Crippen LogP contribution in [0.1, 0.15) is 38.5 Å². The Hall–Kier alpha value is -2.95. The minimum absolute atomic E-state index is 0.270. The number of rotatable bonds is 4. The Labute approximate surface area is 157 Å². The molecule has 0 bridgehead atoms. The highest BCUT2D eigenvalue weighted by molar-refractivity contribution is 5.86. The van der Waals surface area contributed by atoms with E-state index in [1.807, 2.05) is 36.4 Å². The van der Waals surface area contributed by atoms with Crippen LogP contribution in [-0.2, 0) is 4.79 Å². The Morgan fingerprint density at radius 2 is 1.85 bits per heavy atom. The SMILES string of the molecule is O=C(CC1CCCCC1)Oc1cc(=O)n(-c2ccccc2)c2ncccc12. The summed E-state index contributed by atoms with van der Waals surface area (Å²) in [5.41, 5.74) is 0.941. The third-order valence-corrected chi connectivity index (χ3v) is 5.16. The molecule has 0 amide bonds. The van der Waals surface area contributed by atoms with Gasteiger partial charge in [0.2, 0.25) is 0 Å². The van der Waals surface area contributed by atoms with E-state index in [0.717, 1.165) is 18.5 Å². The number of para-hydroxylation sites is 1. The molecule has 1 aliphatic carbocycles. The van der Waals surface area contributed by atoms with Crippen molar-refractivity contribution >= 4 is 17.0 Å². The molecule has 2 aromatic heterocycles. The predicted molar refractivity (Wildman–Crippen MR) is 104 cm³/mol. The van der Waals surface area contributed by atoms with E-state index in [2.05, 4.69) is 4.98 Å². The molecular weight excluding hydrogens is 340 g/mol. The average molecular weight is 362 g/mol. The monoisotopic (exact) mass is 362 g/mol. The molecule has 2 heterocycles. The molecule has 0 unspecified atom stereocenters. The lowest BCUT2D eigenvalue weighted by atomic mass is 9.87. The lowest BCUT2D eigenvalue weighted by molar-refractivity contribution is -0.135. The van der Waals surface area contributed by atoms with Gasteiger partial charge in [0.1, 0.15) is 5.75 Å². The summed E-state index contributed by atoms with van der Waals surface area (Å²) in [5, 5.41) is 0.651. The zero-order valence-corrected chi connectivity index (χ0v) is 15.1. The highest BCUT2D eigenvalue weighted by Crippen LogP contribution is 2.28. The van der Waals surface area contributed by atoms with Crippen LogP contribution in [0.15, 0.2) is 59.5 Å². The Morgan fingerprint density at radius 3 is 2.63 bits per heavy atom. The fraction of sp³-hybridized carbons (Fsp3) is 0.318. The van der Waals surface area contributed by atoms with Crippen molar-refractivity contribution in [3.63, 3.8) is 0 Å². The Bertz CT molecular complexity index is 1000. The van der Waals surface area contributed by atoms with Gasteiger partial charge in [0.05, 0.1) is 11.1 Å². The summed E-state index contributed by atoms with van der Waals surface area (Å²) in [7, 11) is 0. The van der Waals surface area contributed by atoms with Crippen molar-refractivity contribution in [3.8, 4) is 11.4 Å². The minimum Gasteiger partial charge on any atom is -0.426 e. The molecule has 0 spiro atoms. The maximum Gasteiger partial charge on any atom is 0.311 e. The fourth-order valence-corrected chi connectivity index (χ4v) is 3.83. The number of pyridine rings is 2. The molecular formula is C22H22N2O3. The maximum atomic E-state index is 12.8. The van der Waals surface area contributed by atoms with Crippen LogP contribution in [0.3, 0.4) is 0 Å². The van der Waals surface area contributed by atoms with Gasteiger partial charge in [-0.25, -0.2) is 4.98 Å². The van der Waals surface area contributed by atoms with Gasteiger partial charge >= 0.3 is 5.97 Å². The van der Waals surface area contributed by atoms with Crippen molar-refractivity contribution in [1.29, 1.82) is 0 Å². The molecule has 1 aromatic carbocycles. The number of benzene rings is 1. The zero-order valence-electron chi connectivity index (χ0n) is 15.1. The van der Waals surface area contributed by atoms with Gasteiger partial charge in [0.25, 0.3) is 5.56 Å². The van der Waals surface area contributed by atoms with E-state index in [1.165, 1.54) is 29.9 Å². The number of fused-ring (bicyclic) bond motifs is 1. The van der Waals surface area contributed by atoms with Crippen molar-refractivity contribution in [2.24, 2.45) is 5.92 Å². The largest absolute Gasteiger partial charge is 0.426 e. The van der Waals surface area contributed by atoms with E-state index in [-0.39, 0.29) is 17.3 Å². The lowest BCUT2D eigenvalue weighted by Crippen LogP contribution is -2.21. The summed E-state index contributed by atoms with van der Waals surface area (Å²) in [6.07, 6.45) is 7.80. The third kappa shape index (κ3) is 3.77. The normalized spacial score (nSPS) is 15.0. The number of nitrogens with zero attached hydrogens (tertiary/aromatic N) is 2. The fourth-order valence-electron chi connectivity index (χ4n) is 3.83. The second-order valence-electron chi connectivity index (χ2n) is 7.07. The van der Waals surface area contributed by atoms with Gasteiger partial charge in [-0.1, -0.05) is 37.5 Å². The smallest absolute Gasteiger partial charge is 0.311 e. The maximum absolute atomic E-state index is 12.8. The summed E-state index contributed by atoms with van der Waals surface area (Å²) in [5.74, 6) is 0.403. The molecule has 0 aliphatic heterocycles. The number of carbonyl (C=O) groups excluding carboxylic acids is 1. The number of hydrogen-bond acceptors (Lipinski definition) is 4. The summed E-state index contributed by atoms with van der Waals surface area (Å²) < 4.78 is 7.15. The van der Waals surface area contributed by atoms with Crippen LogP contribution in [0.4, 0.5) is 0 Å². The van der Waals surface area contributed by atoms with Gasteiger partial charge in [-0.3, -0.25) is 14.2 Å². The summed E-state index contributed by atoms with van der Waals surface area (Å²) in [4.78, 5) is 29.6. The predicted octanol–water partition coefficient (Wildman–Crippen LogP) is 4.26. The van der Waals surface area contributed by atoms with Gasteiger partial charge in [0.15, 0.2) is 5.65 Å². The van der Waals surface area contributed by atoms with Crippen LogP contribution >= 0.6 is 0 Å². The number of ether oxygens (including phenoxy) is 1. The van der Waals surface area contributed by atoms with Crippen LogP contribution in [0.25, 0.3) is 16.7 Å². The quantitative estimate of drug-likeness (QED) is 0.651. The Morgan fingerprint density at radius 1 is 1.07 bits per heavy atom. The molecule has 0 atom stereocenters. The molecule has 5 heteroatoms. The van der Waals surface area contributed by atoms with Gasteiger partial charge < -0.3 is 4.74 Å². The summed E-state index contributed by atoms with van der Waals surface area (Å²) in [6.45, 7) is 0.